The highest BCUT2D eigenvalue weighted by molar-refractivity contribution is 6.30. The van der Waals surface area contributed by atoms with Crippen molar-refractivity contribution in [3.05, 3.63) is 58.6 Å². The van der Waals surface area contributed by atoms with Crippen molar-refractivity contribution >= 4 is 29.2 Å². The zero-order valence-electron chi connectivity index (χ0n) is 14.1. The van der Waals surface area contributed by atoms with Crippen molar-refractivity contribution in [2.75, 3.05) is 19.0 Å². The second-order valence-corrected chi connectivity index (χ2v) is 5.82. The number of halogens is 4. The number of carbonyl (C=O) groups excluding carboxylic acids is 2. The van der Waals surface area contributed by atoms with E-state index in [-0.39, 0.29) is 6.42 Å². The molecule has 0 saturated carbocycles. The predicted molar refractivity (Wildman–Crippen MR) is 92.7 cm³/mol. The fourth-order valence-electron chi connectivity index (χ4n) is 2.26. The molecule has 0 spiro atoms. The number of carbonyl (C=O) groups is 2. The number of ether oxygens (including phenoxy) is 2. The highest BCUT2D eigenvalue weighted by Crippen LogP contribution is 2.34. The summed E-state index contributed by atoms with van der Waals surface area (Å²) in [6.07, 6.45) is -4.83. The molecule has 0 bridgehead atoms. The first-order valence-electron chi connectivity index (χ1n) is 7.65. The van der Waals surface area contributed by atoms with E-state index >= 15 is 0 Å². The Bertz CT molecular complexity index is 840. The van der Waals surface area contributed by atoms with E-state index in [4.69, 9.17) is 21.1 Å². The minimum atomic E-state index is -4.62. The molecular weight excluding hydrogens is 387 g/mol. The molecule has 1 amide bonds. The van der Waals surface area contributed by atoms with E-state index in [0.29, 0.717) is 16.3 Å². The molecule has 0 unspecified atom stereocenters. The van der Waals surface area contributed by atoms with E-state index in [9.17, 15) is 22.8 Å². The largest absolute Gasteiger partial charge is 0.496 e. The minimum absolute atomic E-state index is 0.212. The molecular formula is C18H15ClF3NO4. The van der Waals surface area contributed by atoms with Crippen molar-refractivity contribution in [2.24, 2.45) is 0 Å². The molecule has 0 fully saturated rings. The van der Waals surface area contributed by atoms with Gasteiger partial charge in [-0.15, -0.1) is 0 Å². The lowest BCUT2D eigenvalue weighted by Crippen LogP contribution is -2.23. The molecule has 144 valence electrons. The Hall–Kier alpha value is -2.74. The molecule has 0 aliphatic carbocycles. The van der Waals surface area contributed by atoms with Crippen LogP contribution in [0.25, 0.3) is 0 Å². The molecule has 0 atom stereocenters. The summed E-state index contributed by atoms with van der Waals surface area (Å²) in [5.41, 5.74) is -0.950. The van der Waals surface area contributed by atoms with Crippen molar-refractivity contribution in [2.45, 2.75) is 12.6 Å². The monoisotopic (exact) mass is 401 g/mol. The van der Waals surface area contributed by atoms with Crippen LogP contribution in [0.1, 0.15) is 11.1 Å². The van der Waals surface area contributed by atoms with Gasteiger partial charge in [0, 0.05) is 10.6 Å². The molecule has 0 aromatic heterocycles. The summed E-state index contributed by atoms with van der Waals surface area (Å²) in [6.45, 7) is -0.728. The third kappa shape index (κ3) is 5.89. The van der Waals surface area contributed by atoms with Gasteiger partial charge in [0.05, 0.1) is 24.8 Å². The number of rotatable bonds is 6. The van der Waals surface area contributed by atoms with Crippen LogP contribution in [-0.2, 0) is 26.9 Å². The van der Waals surface area contributed by atoms with Crippen molar-refractivity contribution in [1.82, 2.24) is 0 Å². The normalized spacial score (nSPS) is 11.0. The van der Waals surface area contributed by atoms with Crippen LogP contribution >= 0.6 is 11.6 Å². The molecule has 2 aromatic rings. The van der Waals surface area contributed by atoms with Gasteiger partial charge in [-0.2, -0.15) is 13.2 Å². The average molecular weight is 402 g/mol. The van der Waals surface area contributed by atoms with E-state index in [0.717, 1.165) is 12.1 Å². The number of alkyl halides is 3. The molecule has 27 heavy (non-hydrogen) atoms. The maximum Gasteiger partial charge on any atom is 0.418 e. The van der Waals surface area contributed by atoms with Crippen LogP contribution in [-0.4, -0.2) is 25.6 Å². The Morgan fingerprint density at radius 1 is 1.15 bits per heavy atom. The Morgan fingerprint density at radius 3 is 2.52 bits per heavy atom. The summed E-state index contributed by atoms with van der Waals surface area (Å²) in [6, 6.07) is 9.18. The van der Waals surface area contributed by atoms with E-state index < -0.39 is 35.9 Å². The second kappa shape index (κ2) is 8.77. The lowest BCUT2D eigenvalue weighted by molar-refractivity contribution is -0.146. The smallest absolute Gasteiger partial charge is 0.418 e. The zero-order valence-corrected chi connectivity index (χ0v) is 14.9. The highest BCUT2D eigenvalue weighted by atomic mass is 35.5. The quantitative estimate of drug-likeness (QED) is 0.740. The van der Waals surface area contributed by atoms with Crippen LogP contribution in [0, 0.1) is 0 Å². The first kappa shape index (κ1) is 20.6. The maximum atomic E-state index is 12.9. The topological polar surface area (TPSA) is 64.6 Å². The van der Waals surface area contributed by atoms with Crippen LogP contribution in [0.3, 0.4) is 0 Å². The highest BCUT2D eigenvalue weighted by Gasteiger charge is 2.33. The van der Waals surface area contributed by atoms with Crippen LogP contribution < -0.4 is 10.1 Å². The number of para-hydroxylation sites is 1. The Morgan fingerprint density at radius 2 is 1.85 bits per heavy atom. The van der Waals surface area contributed by atoms with E-state index in [2.05, 4.69) is 5.32 Å². The van der Waals surface area contributed by atoms with Gasteiger partial charge >= 0.3 is 12.1 Å². The van der Waals surface area contributed by atoms with Gasteiger partial charge in [-0.25, -0.2) is 0 Å². The van der Waals surface area contributed by atoms with Gasteiger partial charge in [-0.3, -0.25) is 9.59 Å². The Kier molecular flexibility index (Phi) is 6.68. The summed E-state index contributed by atoms with van der Waals surface area (Å²) in [4.78, 5) is 23.7. The molecule has 0 saturated heterocycles. The van der Waals surface area contributed by atoms with Crippen molar-refractivity contribution in [3.63, 3.8) is 0 Å². The Balaban J connectivity index is 1.95. The summed E-state index contributed by atoms with van der Waals surface area (Å²) in [5, 5.41) is 2.47. The lowest BCUT2D eigenvalue weighted by atomic mass is 10.1. The van der Waals surface area contributed by atoms with Crippen molar-refractivity contribution < 1.29 is 32.2 Å². The predicted octanol–water partition coefficient (Wildman–Crippen LogP) is 4.09. The van der Waals surface area contributed by atoms with Gasteiger partial charge in [-0.1, -0.05) is 23.7 Å². The van der Waals surface area contributed by atoms with Crippen LogP contribution in [0.5, 0.6) is 5.75 Å². The SMILES string of the molecule is COc1ccc(Cl)cc1CC(=O)OCC(=O)Nc1ccccc1C(F)(F)F. The van der Waals surface area contributed by atoms with Gasteiger partial charge in [0.25, 0.3) is 5.91 Å². The van der Waals surface area contributed by atoms with Crippen LogP contribution in [0.2, 0.25) is 5.02 Å². The molecule has 1 N–H and O–H groups in total. The summed E-state index contributed by atoms with van der Waals surface area (Å²) < 4.78 is 48.6. The molecule has 0 aliphatic rings. The molecule has 5 nitrogen and oxygen atoms in total. The van der Waals surface area contributed by atoms with Crippen LogP contribution in [0.4, 0.5) is 18.9 Å². The zero-order chi connectivity index (χ0) is 20.0. The summed E-state index contributed by atoms with van der Waals surface area (Å²) >= 11 is 5.86. The molecule has 0 aliphatic heterocycles. The molecule has 0 radical (unpaired) electrons. The maximum absolute atomic E-state index is 12.9. The van der Waals surface area contributed by atoms with E-state index in [1.54, 1.807) is 12.1 Å². The standard InChI is InChI=1S/C18H15ClF3NO4/c1-26-15-7-6-12(19)8-11(15)9-17(25)27-10-16(24)23-14-5-3-2-4-13(14)18(20,21)22/h2-8H,9-10H2,1H3,(H,23,24). The molecule has 2 rings (SSSR count). The lowest BCUT2D eigenvalue weighted by Gasteiger charge is -2.13. The van der Waals surface area contributed by atoms with E-state index in [1.165, 1.54) is 25.3 Å². The van der Waals surface area contributed by atoms with Crippen LogP contribution in [0.15, 0.2) is 42.5 Å². The third-order valence-corrected chi connectivity index (χ3v) is 3.68. The van der Waals surface area contributed by atoms with Gasteiger partial charge in [0.15, 0.2) is 6.61 Å². The number of benzene rings is 2. The number of hydrogen-bond donors (Lipinski definition) is 1. The van der Waals surface area contributed by atoms with Gasteiger partial charge < -0.3 is 14.8 Å². The summed E-state index contributed by atoms with van der Waals surface area (Å²) in [5.74, 6) is -1.23. The fraction of sp³-hybridized carbons (Fsp3) is 0.222. The van der Waals surface area contributed by atoms with Gasteiger partial charge in [0.1, 0.15) is 5.75 Å². The fourth-order valence-corrected chi connectivity index (χ4v) is 2.46. The minimum Gasteiger partial charge on any atom is -0.496 e. The number of hydrogen-bond acceptors (Lipinski definition) is 4. The second-order valence-electron chi connectivity index (χ2n) is 5.39. The number of nitrogens with one attached hydrogen (secondary N) is 1. The molecule has 9 heteroatoms. The average Bonchev–Trinajstić information content (AvgIpc) is 2.60. The van der Waals surface area contributed by atoms with Crippen molar-refractivity contribution in [1.29, 1.82) is 0 Å². The first-order valence-corrected chi connectivity index (χ1v) is 8.02. The molecule has 0 heterocycles. The van der Waals surface area contributed by atoms with Crippen molar-refractivity contribution in [3.8, 4) is 5.75 Å². The Labute approximate surface area is 158 Å². The first-order chi connectivity index (χ1) is 12.7. The number of amides is 1. The number of anilines is 1. The summed E-state index contributed by atoms with van der Waals surface area (Å²) in [7, 11) is 1.42. The number of esters is 1. The van der Waals surface area contributed by atoms with Gasteiger partial charge in [0.2, 0.25) is 0 Å². The van der Waals surface area contributed by atoms with E-state index in [1.807, 2.05) is 0 Å². The molecule has 2 aromatic carbocycles. The van der Waals surface area contributed by atoms with Gasteiger partial charge in [-0.05, 0) is 30.3 Å². The number of methoxy groups -OCH3 is 1. The third-order valence-electron chi connectivity index (χ3n) is 3.45.